The van der Waals surface area contributed by atoms with Gasteiger partial charge < -0.3 is 25.6 Å². The number of amides is 2. The maximum atomic E-state index is 13.6. The summed E-state index contributed by atoms with van der Waals surface area (Å²) in [4.78, 5) is 15.6. The molecule has 0 aliphatic heterocycles. The highest BCUT2D eigenvalue weighted by Crippen LogP contribution is 2.36. The van der Waals surface area contributed by atoms with E-state index in [2.05, 4.69) is 30.9 Å². The number of rotatable bonds is 9. The van der Waals surface area contributed by atoms with Crippen molar-refractivity contribution in [3.8, 4) is 17.1 Å². The molecule has 212 valence electrons. The number of pyridine rings is 1. The van der Waals surface area contributed by atoms with Crippen LogP contribution < -0.4 is 15.4 Å². The number of halogens is 6. The lowest BCUT2D eigenvalue weighted by molar-refractivity contribution is -0.142. The summed E-state index contributed by atoms with van der Waals surface area (Å²) in [5, 5.41) is 34.2. The number of nitrogens with one attached hydrogen (secondary N) is 2. The van der Waals surface area contributed by atoms with Crippen LogP contribution in [0.4, 0.5) is 36.8 Å². The van der Waals surface area contributed by atoms with E-state index in [1.54, 1.807) is 6.92 Å². The van der Waals surface area contributed by atoms with Crippen LogP contribution in [0.5, 0.6) is 5.88 Å². The van der Waals surface area contributed by atoms with Crippen molar-refractivity contribution in [3.63, 3.8) is 0 Å². The molecule has 0 saturated heterocycles. The molecule has 17 heteroatoms. The molecule has 3 rings (SSSR count). The third-order valence-electron chi connectivity index (χ3n) is 5.00. The van der Waals surface area contributed by atoms with Crippen LogP contribution in [0.15, 0.2) is 24.4 Å². The van der Waals surface area contributed by atoms with Crippen LogP contribution in [0.25, 0.3) is 11.3 Å². The van der Waals surface area contributed by atoms with E-state index in [-0.39, 0.29) is 41.7 Å². The smallest absolute Gasteiger partial charge is 0.435 e. The Labute approximate surface area is 216 Å². The molecule has 2 amide bonds. The van der Waals surface area contributed by atoms with Gasteiger partial charge in [-0.15, -0.1) is 5.10 Å². The van der Waals surface area contributed by atoms with Crippen molar-refractivity contribution in [1.29, 1.82) is 0 Å². The van der Waals surface area contributed by atoms with Gasteiger partial charge in [0.25, 0.3) is 0 Å². The molecule has 1 atom stereocenters. The Morgan fingerprint density at radius 3 is 2.44 bits per heavy atom. The lowest BCUT2D eigenvalue weighted by Crippen LogP contribution is -2.29. The van der Waals surface area contributed by atoms with Crippen molar-refractivity contribution in [2.45, 2.75) is 45.4 Å². The molecule has 3 heterocycles. The van der Waals surface area contributed by atoms with Crippen LogP contribution in [0.1, 0.15) is 29.6 Å². The van der Waals surface area contributed by atoms with Gasteiger partial charge in [-0.25, -0.2) is 9.78 Å². The Balaban J connectivity index is 1.75. The summed E-state index contributed by atoms with van der Waals surface area (Å²) in [6.45, 7) is 1.72. The van der Waals surface area contributed by atoms with E-state index in [0.29, 0.717) is 6.07 Å². The molecular weight excluding hydrogens is 540 g/mol. The number of hydrogen-bond donors (Lipinski definition) is 4. The summed E-state index contributed by atoms with van der Waals surface area (Å²) in [5.41, 5.74) is -2.94. The number of nitrogens with zero attached hydrogens (tertiary/aromatic N) is 5. The molecule has 11 nitrogen and oxygen atoms in total. The number of aryl methyl sites for hydroxylation is 1. The maximum Gasteiger partial charge on any atom is 0.435 e. The zero-order valence-electron chi connectivity index (χ0n) is 20.4. The summed E-state index contributed by atoms with van der Waals surface area (Å²) in [5.74, 6) is -0.341. The van der Waals surface area contributed by atoms with Crippen LogP contribution >= 0.6 is 0 Å². The highest BCUT2D eigenvalue weighted by molar-refractivity contribution is 5.89. The lowest BCUT2D eigenvalue weighted by Gasteiger charge is -2.13. The van der Waals surface area contributed by atoms with Gasteiger partial charge in [0.15, 0.2) is 11.4 Å². The highest BCUT2D eigenvalue weighted by Gasteiger charge is 2.38. The molecule has 4 N–H and O–H groups in total. The van der Waals surface area contributed by atoms with E-state index < -0.39 is 54.6 Å². The zero-order chi connectivity index (χ0) is 29.0. The third kappa shape index (κ3) is 7.76. The first kappa shape index (κ1) is 29.6. The predicted molar refractivity (Wildman–Crippen MR) is 122 cm³/mol. The molecule has 3 aromatic rings. The Hall–Kier alpha value is -3.99. The molecule has 3 aromatic heterocycles. The first-order valence-corrected chi connectivity index (χ1v) is 11.2. The molecule has 1 unspecified atom stereocenters. The quantitative estimate of drug-likeness (QED) is 0.291. The van der Waals surface area contributed by atoms with Gasteiger partial charge in [0.1, 0.15) is 0 Å². The Kier molecular flexibility index (Phi) is 8.96. The molecule has 0 saturated carbocycles. The fraction of sp³-hybridized carbons (Fsp3) is 0.409. The topological polar surface area (TPSA) is 147 Å². The molecule has 0 bridgehead atoms. The molecule has 0 aliphatic carbocycles. The second-order valence-corrected chi connectivity index (χ2v) is 8.13. The van der Waals surface area contributed by atoms with E-state index >= 15 is 0 Å². The minimum atomic E-state index is -4.85. The van der Waals surface area contributed by atoms with Gasteiger partial charge in [0.2, 0.25) is 5.88 Å². The monoisotopic (exact) mass is 563 g/mol. The van der Waals surface area contributed by atoms with Crippen molar-refractivity contribution in [1.82, 2.24) is 30.3 Å². The van der Waals surface area contributed by atoms with Crippen molar-refractivity contribution < 1.29 is 46.1 Å². The number of aromatic nitrogens is 5. The first-order chi connectivity index (χ1) is 18.2. The molecule has 39 heavy (non-hydrogen) atoms. The van der Waals surface area contributed by atoms with Crippen LogP contribution in [0, 0.1) is 6.92 Å². The van der Waals surface area contributed by atoms with Gasteiger partial charge in [-0.1, -0.05) is 0 Å². The maximum absolute atomic E-state index is 13.6. The Morgan fingerprint density at radius 1 is 1.13 bits per heavy atom. The number of carbonyl (C=O) groups excluding carboxylic acids is 1. The molecular formula is C22H23F6N7O4. The Bertz CT molecular complexity index is 1310. The minimum Gasteiger partial charge on any atom is -0.478 e. The standard InChI is InChI=1S/C22H23F6N7O4/c1-3-39-17-6-12(5-16(31-17)21(23,24)25)30-20(38)29-7-13-4-11(2)18(33-32-13)15-9-35(8-14(37)10-36)34-19(15)22(26,27)28/h4-6,9,14,36-37H,3,7-8,10H2,1-2H3,(H2,29,30,31,38). The summed E-state index contributed by atoms with van der Waals surface area (Å²) in [6, 6.07) is 2.20. The largest absolute Gasteiger partial charge is 0.478 e. The molecule has 0 radical (unpaired) electrons. The first-order valence-electron chi connectivity index (χ1n) is 11.2. The van der Waals surface area contributed by atoms with E-state index in [1.807, 2.05) is 0 Å². The summed E-state index contributed by atoms with van der Waals surface area (Å²) in [7, 11) is 0. The SMILES string of the molecule is CCOc1cc(NC(=O)NCc2cc(C)c(-c3cn(CC(O)CO)nc3C(F)(F)F)nn2)cc(C(F)(F)F)n1. The summed E-state index contributed by atoms with van der Waals surface area (Å²) in [6.07, 6.45) is -9.94. The van der Waals surface area contributed by atoms with Crippen molar-refractivity contribution in [2.75, 3.05) is 18.5 Å². The molecule has 0 aliphatic rings. The number of urea groups is 1. The number of aliphatic hydroxyl groups is 2. The number of ether oxygens (including phenoxy) is 1. The lowest BCUT2D eigenvalue weighted by atomic mass is 10.1. The third-order valence-corrected chi connectivity index (χ3v) is 5.00. The van der Waals surface area contributed by atoms with E-state index in [1.165, 1.54) is 13.0 Å². The number of aliphatic hydroxyl groups excluding tert-OH is 2. The van der Waals surface area contributed by atoms with E-state index in [9.17, 15) is 36.2 Å². The number of carbonyl (C=O) groups is 1. The van der Waals surface area contributed by atoms with Gasteiger partial charge in [0, 0.05) is 18.0 Å². The van der Waals surface area contributed by atoms with Gasteiger partial charge in [-0.2, -0.15) is 36.5 Å². The molecule has 0 aromatic carbocycles. The molecule has 0 spiro atoms. The van der Waals surface area contributed by atoms with E-state index in [0.717, 1.165) is 16.9 Å². The van der Waals surface area contributed by atoms with Crippen LogP contribution in [-0.4, -0.2) is 60.5 Å². The second-order valence-electron chi connectivity index (χ2n) is 8.13. The average Bonchev–Trinajstić information content (AvgIpc) is 3.26. The predicted octanol–water partition coefficient (Wildman–Crippen LogP) is 3.15. The van der Waals surface area contributed by atoms with Gasteiger partial charge in [0.05, 0.1) is 49.4 Å². The Morgan fingerprint density at radius 2 is 1.85 bits per heavy atom. The van der Waals surface area contributed by atoms with Gasteiger partial charge >= 0.3 is 18.4 Å². The van der Waals surface area contributed by atoms with Crippen LogP contribution in [0.3, 0.4) is 0 Å². The van der Waals surface area contributed by atoms with Gasteiger partial charge in [-0.3, -0.25) is 4.68 Å². The normalized spacial score (nSPS) is 12.8. The van der Waals surface area contributed by atoms with Crippen molar-refractivity contribution in [2.24, 2.45) is 0 Å². The van der Waals surface area contributed by atoms with Crippen LogP contribution in [0.2, 0.25) is 0 Å². The number of hydrogen-bond acceptors (Lipinski definition) is 8. The van der Waals surface area contributed by atoms with E-state index in [4.69, 9.17) is 9.84 Å². The number of anilines is 1. The minimum absolute atomic E-state index is 0.0455. The highest BCUT2D eigenvalue weighted by atomic mass is 19.4. The van der Waals surface area contributed by atoms with Crippen LogP contribution in [-0.2, 0) is 25.4 Å². The molecule has 0 fully saturated rings. The fourth-order valence-corrected chi connectivity index (χ4v) is 3.35. The van der Waals surface area contributed by atoms with Crippen molar-refractivity contribution >= 4 is 11.7 Å². The average molecular weight is 563 g/mol. The number of alkyl halides is 6. The zero-order valence-corrected chi connectivity index (χ0v) is 20.4. The summed E-state index contributed by atoms with van der Waals surface area (Å²) < 4.78 is 85.8. The summed E-state index contributed by atoms with van der Waals surface area (Å²) >= 11 is 0. The van der Waals surface area contributed by atoms with Gasteiger partial charge in [-0.05, 0) is 31.5 Å². The second kappa shape index (κ2) is 11.8. The van der Waals surface area contributed by atoms with Crippen molar-refractivity contribution in [3.05, 3.63) is 47.0 Å². The fourth-order valence-electron chi connectivity index (χ4n) is 3.35.